The average molecular weight is 375 g/mol. The SMILES string of the molecule is Cc1cccc(OCCCNC(=O)C(NC(=O)c2cccs2)C(C)C)c1. The first-order chi connectivity index (χ1) is 12.5. The van der Waals surface area contributed by atoms with E-state index in [9.17, 15) is 9.59 Å². The fourth-order valence-corrected chi connectivity index (χ4v) is 3.07. The van der Waals surface area contributed by atoms with Gasteiger partial charge in [-0.15, -0.1) is 11.3 Å². The van der Waals surface area contributed by atoms with Gasteiger partial charge < -0.3 is 15.4 Å². The van der Waals surface area contributed by atoms with Crippen LogP contribution in [-0.4, -0.2) is 31.0 Å². The summed E-state index contributed by atoms with van der Waals surface area (Å²) in [6.07, 6.45) is 0.698. The summed E-state index contributed by atoms with van der Waals surface area (Å²) in [5.74, 6) is 0.458. The molecule has 1 unspecified atom stereocenters. The van der Waals surface area contributed by atoms with Crippen molar-refractivity contribution < 1.29 is 14.3 Å². The summed E-state index contributed by atoms with van der Waals surface area (Å²) in [5, 5.41) is 7.54. The molecule has 140 valence electrons. The van der Waals surface area contributed by atoms with Crippen LogP contribution in [0.4, 0.5) is 0 Å². The second-order valence-corrected chi connectivity index (χ2v) is 7.43. The maximum Gasteiger partial charge on any atom is 0.262 e. The number of hydrogen-bond acceptors (Lipinski definition) is 4. The normalized spacial score (nSPS) is 11.8. The Labute approximate surface area is 158 Å². The van der Waals surface area contributed by atoms with Gasteiger partial charge in [0.25, 0.3) is 5.91 Å². The summed E-state index contributed by atoms with van der Waals surface area (Å²) in [7, 11) is 0. The minimum atomic E-state index is -0.553. The van der Waals surface area contributed by atoms with Crippen LogP contribution in [0.15, 0.2) is 41.8 Å². The number of nitrogens with one attached hydrogen (secondary N) is 2. The van der Waals surface area contributed by atoms with E-state index < -0.39 is 6.04 Å². The van der Waals surface area contributed by atoms with E-state index in [0.717, 1.165) is 11.3 Å². The molecular formula is C20H26N2O3S. The first-order valence-corrected chi connectivity index (χ1v) is 9.67. The van der Waals surface area contributed by atoms with E-state index in [0.29, 0.717) is 24.4 Å². The summed E-state index contributed by atoms with van der Waals surface area (Å²) in [5.41, 5.74) is 1.15. The Balaban J connectivity index is 1.74. The zero-order chi connectivity index (χ0) is 18.9. The van der Waals surface area contributed by atoms with Crippen molar-refractivity contribution >= 4 is 23.2 Å². The molecule has 0 bridgehead atoms. The Kier molecular flexibility index (Phi) is 7.66. The van der Waals surface area contributed by atoms with E-state index in [1.165, 1.54) is 11.3 Å². The van der Waals surface area contributed by atoms with Crippen molar-refractivity contribution in [2.45, 2.75) is 33.2 Å². The zero-order valence-electron chi connectivity index (χ0n) is 15.5. The van der Waals surface area contributed by atoms with E-state index in [1.54, 1.807) is 6.07 Å². The highest BCUT2D eigenvalue weighted by atomic mass is 32.1. The molecule has 0 radical (unpaired) electrons. The van der Waals surface area contributed by atoms with Gasteiger partial charge in [-0.2, -0.15) is 0 Å². The van der Waals surface area contributed by atoms with Gasteiger partial charge in [0.1, 0.15) is 11.8 Å². The van der Waals surface area contributed by atoms with Crippen molar-refractivity contribution in [2.75, 3.05) is 13.2 Å². The van der Waals surface area contributed by atoms with Crippen molar-refractivity contribution in [2.24, 2.45) is 5.92 Å². The van der Waals surface area contributed by atoms with E-state index in [4.69, 9.17) is 4.74 Å². The molecule has 2 rings (SSSR count). The fourth-order valence-electron chi connectivity index (χ4n) is 2.44. The van der Waals surface area contributed by atoms with Crippen LogP contribution in [0.25, 0.3) is 0 Å². The highest BCUT2D eigenvalue weighted by Gasteiger charge is 2.24. The van der Waals surface area contributed by atoms with Gasteiger partial charge >= 0.3 is 0 Å². The number of carbonyl (C=O) groups excluding carboxylic acids is 2. The summed E-state index contributed by atoms with van der Waals surface area (Å²) in [6, 6.07) is 10.9. The molecular weight excluding hydrogens is 348 g/mol. The van der Waals surface area contributed by atoms with Crippen LogP contribution in [0, 0.1) is 12.8 Å². The van der Waals surface area contributed by atoms with E-state index in [-0.39, 0.29) is 17.7 Å². The highest BCUT2D eigenvalue weighted by Crippen LogP contribution is 2.12. The van der Waals surface area contributed by atoms with Crippen molar-refractivity contribution in [3.05, 3.63) is 52.2 Å². The number of benzene rings is 1. The largest absolute Gasteiger partial charge is 0.494 e. The molecule has 2 aromatic rings. The summed E-state index contributed by atoms with van der Waals surface area (Å²) < 4.78 is 5.67. The number of aryl methyl sites for hydroxylation is 1. The third-order valence-electron chi connectivity index (χ3n) is 3.86. The van der Waals surface area contributed by atoms with Crippen LogP contribution >= 0.6 is 11.3 Å². The molecule has 1 heterocycles. The van der Waals surface area contributed by atoms with Crippen LogP contribution in [0.5, 0.6) is 5.75 Å². The predicted molar refractivity (Wildman–Crippen MR) is 105 cm³/mol. The number of hydrogen-bond donors (Lipinski definition) is 2. The van der Waals surface area contributed by atoms with Crippen LogP contribution < -0.4 is 15.4 Å². The van der Waals surface area contributed by atoms with Crippen molar-refractivity contribution in [1.29, 1.82) is 0 Å². The lowest BCUT2D eigenvalue weighted by Gasteiger charge is -2.21. The monoisotopic (exact) mass is 374 g/mol. The van der Waals surface area contributed by atoms with Gasteiger partial charge in [-0.05, 0) is 48.4 Å². The molecule has 0 saturated carbocycles. The van der Waals surface area contributed by atoms with Crippen LogP contribution in [-0.2, 0) is 4.79 Å². The van der Waals surface area contributed by atoms with Crippen LogP contribution in [0.1, 0.15) is 35.5 Å². The second-order valence-electron chi connectivity index (χ2n) is 6.48. The van der Waals surface area contributed by atoms with Gasteiger partial charge in [-0.25, -0.2) is 0 Å². The lowest BCUT2D eigenvalue weighted by atomic mass is 10.0. The molecule has 0 spiro atoms. The topological polar surface area (TPSA) is 67.4 Å². The third-order valence-corrected chi connectivity index (χ3v) is 4.73. The van der Waals surface area contributed by atoms with Crippen molar-refractivity contribution in [3.63, 3.8) is 0 Å². The van der Waals surface area contributed by atoms with E-state index >= 15 is 0 Å². The Morgan fingerprint density at radius 2 is 2.00 bits per heavy atom. The second kappa shape index (κ2) is 9.97. The van der Waals surface area contributed by atoms with E-state index in [1.807, 2.05) is 56.5 Å². The standard InChI is InChI=1S/C20H26N2O3S/c1-14(2)18(22-19(23)17-9-5-12-26-17)20(24)21-10-6-11-25-16-8-4-7-15(3)13-16/h4-5,7-9,12-14,18H,6,10-11H2,1-3H3,(H,21,24)(H,22,23). The summed E-state index contributed by atoms with van der Waals surface area (Å²) >= 11 is 1.36. The Morgan fingerprint density at radius 3 is 2.65 bits per heavy atom. The number of amides is 2. The molecule has 0 saturated heterocycles. The lowest BCUT2D eigenvalue weighted by Crippen LogP contribution is -2.49. The summed E-state index contributed by atoms with van der Waals surface area (Å²) in [4.78, 5) is 25.2. The molecule has 0 fully saturated rings. The van der Waals surface area contributed by atoms with Crippen molar-refractivity contribution in [3.8, 4) is 5.75 Å². The minimum absolute atomic E-state index is 0.00227. The average Bonchev–Trinajstić information content (AvgIpc) is 3.13. The Morgan fingerprint density at radius 1 is 1.19 bits per heavy atom. The minimum Gasteiger partial charge on any atom is -0.494 e. The highest BCUT2D eigenvalue weighted by molar-refractivity contribution is 7.12. The van der Waals surface area contributed by atoms with Gasteiger partial charge in [0.2, 0.25) is 5.91 Å². The molecule has 1 atom stereocenters. The number of carbonyl (C=O) groups is 2. The predicted octanol–water partition coefficient (Wildman–Crippen LogP) is 3.40. The Bertz CT molecular complexity index is 714. The molecule has 26 heavy (non-hydrogen) atoms. The quantitative estimate of drug-likeness (QED) is 0.661. The van der Waals surface area contributed by atoms with Crippen LogP contribution in [0.2, 0.25) is 0 Å². The molecule has 0 aliphatic carbocycles. The van der Waals surface area contributed by atoms with Gasteiger partial charge in [-0.1, -0.05) is 32.0 Å². The zero-order valence-corrected chi connectivity index (χ0v) is 16.3. The number of thiophene rings is 1. The smallest absolute Gasteiger partial charge is 0.262 e. The molecule has 1 aromatic heterocycles. The third kappa shape index (κ3) is 6.19. The van der Waals surface area contributed by atoms with Gasteiger partial charge in [0.15, 0.2) is 0 Å². The number of rotatable bonds is 9. The maximum atomic E-state index is 12.4. The van der Waals surface area contributed by atoms with Gasteiger partial charge in [0, 0.05) is 6.54 Å². The first kappa shape index (κ1) is 20.0. The molecule has 0 aliphatic heterocycles. The molecule has 1 aromatic carbocycles. The summed E-state index contributed by atoms with van der Waals surface area (Å²) in [6.45, 7) is 6.88. The Hall–Kier alpha value is -2.34. The molecule has 5 nitrogen and oxygen atoms in total. The van der Waals surface area contributed by atoms with Crippen molar-refractivity contribution in [1.82, 2.24) is 10.6 Å². The molecule has 2 amide bonds. The number of ether oxygens (including phenoxy) is 1. The van der Waals surface area contributed by atoms with Gasteiger partial charge in [-0.3, -0.25) is 9.59 Å². The maximum absolute atomic E-state index is 12.4. The fraction of sp³-hybridized carbons (Fsp3) is 0.400. The van der Waals surface area contributed by atoms with Gasteiger partial charge in [0.05, 0.1) is 11.5 Å². The molecule has 2 N–H and O–H groups in total. The van der Waals surface area contributed by atoms with Crippen LogP contribution in [0.3, 0.4) is 0 Å². The first-order valence-electron chi connectivity index (χ1n) is 8.79. The van der Waals surface area contributed by atoms with E-state index in [2.05, 4.69) is 10.6 Å². The molecule has 6 heteroatoms. The molecule has 0 aliphatic rings. The lowest BCUT2D eigenvalue weighted by molar-refractivity contribution is -0.123.